The van der Waals surface area contributed by atoms with Crippen LogP contribution in [0.4, 0.5) is 10.3 Å². The minimum absolute atomic E-state index is 0.0455. The van der Waals surface area contributed by atoms with Crippen molar-refractivity contribution in [3.8, 4) is 0 Å². The summed E-state index contributed by atoms with van der Waals surface area (Å²) in [6.07, 6.45) is 2.42. The van der Waals surface area contributed by atoms with Gasteiger partial charge in [-0.3, -0.25) is 4.79 Å². The van der Waals surface area contributed by atoms with E-state index >= 15 is 0 Å². The highest BCUT2D eigenvalue weighted by atomic mass is 19.1. The first-order valence-corrected chi connectivity index (χ1v) is 9.66. The highest BCUT2D eigenvalue weighted by Crippen LogP contribution is 2.46. The van der Waals surface area contributed by atoms with Crippen molar-refractivity contribution in [2.45, 2.75) is 13.0 Å². The molecular formula is C21H26FN5O. The van der Waals surface area contributed by atoms with E-state index in [1.54, 1.807) is 0 Å². The second kappa shape index (κ2) is 7.47. The number of likely N-dealkylation sites (N-methyl/N-ethyl adjacent to an activating group) is 1. The summed E-state index contributed by atoms with van der Waals surface area (Å²) in [5, 5.41) is 0. The average Bonchev–Trinajstić information content (AvgIpc) is 3.20. The molecule has 2 aromatic rings. The van der Waals surface area contributed by atoms with E-state index in [4.69, 9.17) is 0 Å². The molecule has 7 heteroatoms. The Hall–Kier alpha value is -2.54. The van der Waals surface area contributed by atoms with Gasteiger partial charge in [0.1, 0.15) is 0 Å². The lowest BCUT2D eigenvalue weighted by atomic mass is 9.87. The third-order valence-corrected chi connectivity index (χ3v) is 5.83. The molecule has 3 atom stereocenters. The molecule has 0 bridgehead atoms. The lowest BCUT2D eigenvalue weighted by molar-refractivity contribution is -0.133. The number of aryl methyl sites for hydroxylation is 1. The van der Waals surface area contributed by atoms with Crippen LogP contribution in [0.1, 0.15) is 17.2 Å². The molecule has 0 unspecified atom stereocenters. The highest BCUT2D eigenvalue weighted by Gasteiger charge is 2.49. The van der Waals surface area contributed by atoms with Gasteiger partial charge in [0, 0.05) is 31.5 Å². The van der Waals surface area contributed by atoms with Crippen LogP contribution in [-0.2, 0) is 4.79 Å². The Morgan fingerprint density at radius 2 is 1.89 bits per heavy atom. The molecule has 0 N–H and O–H groups in total. The topological polar surface area (TPSA) is 52.6 Å². The Bertz CT molecular complexity index is 856. The maximum absolute atomic E-state index is 13.2. The number of likely N-dealkylation sites (tertiary alicyclic amines) is 1. The molecule has 1 amide bonds. The zero-order chi connectivity index (χ0) is 19.8. The number of aromatic nitrogens is 2. The molecule has 2 saturated heterocycles. The number of benzene rings is 1. The van der Waals surface area contributed by atoms with Crippen molar-refractivity contribution in [1.82, 2.24) is 19.8 Å². The van der Waals surface area contributed by atoms with Crippen molar-refractivity contribution in [2.75, 3.05) is 45.2 Å². The van der Waals surface area contributed by atoms with E-state index in [0.717, 1.165) is 19.6 Å². The predicted molar refractivity (Wildman–Crippen MR) is 105 cm³/mol. The van der Waals surface area contributed by atoms with E-state index in [2.05, 4.69) is 38.8 Å². The van der Waals surface area contributed by atoms with Crippen molar-refractivity contribution < 1.29 is 9.18 Å². The maximum Gasteiger partial charge on any atom is 0.237 e. The van der Waals surface area contributed by atoms with E-state index in [1.807, 2.05) is 31.1 Å². The Labute approximate surface area is 165 Å². The molecule has 4 rings (SSSR count). The summed E-state index contributed by atoms with van der Waals surface area (Å²) >= 11 is 0. The average molecular weight is 383 g/mol. The lowest BCUT2D eigenvalue weighted by Gasteiger charge is -2.31. The first-order valence-electron chi connectivity index (χ1n) is 9.66. The van der Waals surface area contributed by atoms with Crippen LogP contribution in [0.15, 0.2) is 36.7 Å². The van der Waals surface area contributed by atoms with Gasteiger partial charge in [-0.05, 0) is 32.1 Å². The lowest BCUT2D eigenvalue weighted by Crippen LogP contribution is -2.40. The Morgan fingerprint density at radius 3 is 2.57 bits per heavy atom. The number of halogens is 1. The third-order valence-electron chi connectivity index (χ3n) is 5.83. The number of hydrogen-bond acceptors (Lipinski definition) is 5. The number of amides is 1. The van der Waals surface area contributed by atoms with Gasteiger partial charge in [-0.15, -0.1) is 0 Å². The van der Waals surface area contributed by atoms with Gasteiger partial charge in [-0.2, -0.15) is 0 Å². The Kier molecular flexibility index (Phi) is 5.02. The van der Waals surface area contributed by atoms with Gasteiger partial charge in [-0.1, -0.05) is 24.3 Å². The monoisotopic (exact) mass is 383 g/mol. The normalized spacial score (nSPS) is 24.1. The minimum Gasteiger partial charge on any atom is -0.340 e. The smallest absolute Gasteiger partial charge is 0.237 e. The summed E-state index contributed by atoms with van der Waals surface area (Å²) in [7, 11) is 3.84. The van der Waals surface area contributed by atoms with Gasteiger partial charge in [-0.25, -0.2) is 14.4 Å². The number of fused-ring (bicyclic) bond motifs is 1. The van der Waals surface area contributed by atoms with Crippen LogP contribution in [0.2, 0.25) is 0 Å². The van der Waals surface area contributed by atoms with Crippen LogP contribution in [0, 0.1) is 24.6 Å². The van der Waals surface area contributed by atoms with Crippen LogP contribution >= 0.6 is 0 Å². The van der Waals surface area contributed by atoms with E-state index in [9.17, 15) is 9.18 Å². The zero-order valence-corrected chi connectivity index (χ0v) is 16.5. The number of nitrogens with zero attached hydrogens (tertiary/aromatic N) is 5. The fraction of sp³-hybridized carbons (Fsp3) is 0.476. The number of anilines is 1. The number of carbonyl (C=O) groups excluding carboxylic acids is 1. The molecule has 1 aromatic carbocycles. The van der Waals surface area contributed by atoms with Crippen molar-refractivity contribution in [2.24, 2.45) is 11.8 Å². The highest BCUT2D eigenvalue weighted by molar-refractivity contribution is 5.79. The number of hydrogen-bond donors (Lipinski definition) is 0. The summed E-state index contributed by atoms with van der Waals surface area (Å²) in [6.45, 7) is 4.79. The fourth-order valence-corrected chi connectivity index (χ4v) is 4.61. The molecule has 28 heavy (non-hydrogen) atoms. The van der Waals surface area contributed by atoms with Crippen LogP contribution in [0.3, 0.4) is 0 Å². The zero-order valence-electron chi connectivity index (χ0n) is 16.5. The van der Waals surface area contributed by atoms with E-state index in [1.165, 1.54) is 23.5 Å². The van der Waals surface area contributed by atoms with E-state index in [0.29, 0.717) is 24.3 Å². The van der Waals surface area contributed by atoms with E-state index in [-0.39, 0.29) is 11.9 Å². The number of rotatable bonds is 4. The quantitative estimate of drug-likeness (QED) is 0.810. The molecule has 2 fully saturated rings. The predicted octanol–water partition coefficient (Wildman–Crippen LogP) is 2.12. The van der Waals surface area contributed by atoms with Gasteiger partial charge in [0.05, 0.1) is 25.0 Å². The van der Waals surface area contributed by atoms with Crippen molar-refractivity contribution >= 4 is 11.9 Å². The van der Waals surface area contributed by atoms with Gasteiger partial charge >= 0.3 is 0 Å². The van der Waals surface area contributed by atoms with Gasteiger partial charge in [0.15, 0.2) is 5.82 Å². The molecular weight excluding hydrogens is 357 g/mol. The van der Waals surface area contributed by atoms with Crippen molar-refractivity contribution in [3.05, 3.63) is 53.6 Å². The molecule has 3 heterocycles. The molecule has 6 nitrogen and oxygen atoms in total. The van der Waals surface area contributed by atoms with Crippen LogP contribution < -0.4 is 4.90 Å². The van der Waals surface area contributed by atoms with Gasteiger partial charge < -0.3 is 14.7 Å². The Balaban J connectivity index is 1.63. The molecule has 2 aliphatic rings. The van der Waals surface area contributed by atoms with Gasteiger partial charge in [0.25, 0.3) is 0 Å². The molecule has 2 aliphatic heterocycles. The summed E-state index contributed by atoms with van der Waals surface area (Å²) in [5.74, 6) is 0.953. The molecule has 0 spiro atoms. The van der Waals surface area contributed by atoms with Crippen molar-refractivity contribution in [3.63, 3.8) is 0 Å². The largest absolute Gasteiger partial charge is 0.340 e. The molecule has 1 aromatic heterocycles. The van der Waals surface area contributed by atoms with E-state index < -0.39 is 5.82 Å². The second-order valence-electron chi connectivity index (χ2n) is 8.12. The third kappa shape index (κ3) is 3.46. The fourth-order valence-electron chi connectivity index (χ4n) is 4.61. The standard InChI is InChI=1S/C21H26FN5O/c1-14-6-4-5-7-17(14)20-18-12-26(21-23-8-16(22)9-24-21)10-15(18)11-27(20)19(28)13-25(2)3/h4-9,15,18,20H,10-13H2,1-3H3/t15-,18-,20+/m1/s1. The molecule has 148 valence electrons. The number of carbonyl (C=O) groups is 1. The summed E-state index contributed by atoms with van der Waals surface area (Å²) in [6, 6.07) is 8.36. The minimum atomic E-state index is -0.429. The van der Waals surface area contributed by atoms with Gasteiger partial charge in [0.2, 0.25) is 11.9 Å². The van der Waals surface area contributed by atoms with Crippen molar-refractivity contribution in [1.29, 1.82) is 0 Å². The van der Waals surface area contributed by atoms with Crippen LogP contribution in [0.25, 0.3) is 0 Å². The molecule has 0 radical (unpaired) electrons. The first kappa shape index (κ1) is 18.8. The first-order chi connectivity index (χ1) is 13.4. The molecule has 0 saturated carbocycles. The van der Waals surface area contributed by atoms with Crippen LogP contribution in [-0.4, -0.2) is 65.9 Å². The summed E-state index contributed by atoms with van der Waals surface area (Å²) in [5.41, 5.74) is 2.41. The summed E-state index contributed by atoms with van der Waals surface area (Å²) < 4.78 is 13.2. The summed E-state index contributed by atoms with van der Waals surface area (Å²) in [4.78, 5) is 27.4. The Morgan fingerprint density at radius 1 is 1.18 bits per heavy atom. The second-order valence-corrected chi connectivity index (χ2v) is 8.12. The maximum atomic E-state index is 13.2. The van der Waals surface area contributed by atoms with Crippen LogP contribution in [0.5, 0.6) is 0 Å². The SMILES string of the molecule is Cc1ccccc1[C@H]1[C@@H]2CN(c3ncc(F)cn3)C[C@@H]2CN1C(=O)CN(C)C. The molecule has 0 aliphatic carbocycles.